The molecule has 1 rings (SSSR count). The van der Waals surface area contributed by atoms with Crippen molar-refractivity contribution in [1.82, 2.24) is 15.5 Å². The summed E-state index contributed by atoms with van der Waals surface area (Å²) in [5.74, 6) is 0.798. The van der Waals surface area contributed by atoms with Crippen LogP contribution in [0.3, 0.4) is 0 Å². The first-order valence-electron chi connectivity index (χ1n) is 7.88. The molecular weight excluding hydrogens is 264 g/mol. The van der Waals surface area contributed by atoms with Gasteiger partial charge in [-0.1, -0.05) is 19.8 Å². The van der Waals surface area contributed by atoms with Gasteiger partial charge in [0.15, 0.2) is 5.96 Å². The molecule has 122 valence electrons. The molecule has 0 unspecified atom stereocenters. The van der Waals surface area contributed by atoms with E-state index in [1.807, 2.05) is 32.7 Å². The van der Waals surface area contributed by atoms with Gasteiger partial charge in [-0.25, -0.2) is 0 Å². The van der Waals surface area contributed by atoms with Crippen LogP contribution in [0, 0.1) is 5.41 Å². The van der Waals surface area contributed by atoms with E-state index in [4.69, 9.17) is 0 Å². The maximum Gasteiger partial charge on any atom is 0.240 e. The second-order valence-electron chi connectivity index (χ2n) is 7.57. The number of carbonyl (C=O) groups is 1. The second-order valence-corrected chi connectivity index (χ2v) is 7.57. The number of nitrogens with zero attached hydrogens (tertiary/aromatic N) is 2. The van der Waals surface area contributed by atoms with Crippen molar-refractivity contribution in [2.75, 3.05) is 27.2 Å². The molecule has 0 bridgehead atoms. The highest BCUT2D eigenvalue weighted by atomic mass is 16.2. The Kier molecular flexibility index (Phi) is 6.05. The lowest BCUT2D eigenvalue weighted by molar-refractivity contribution is -0.122. The zero-order valence-corrected chi connectivity index (χ0v) is 14.5. The predicted molar refractivity (Wildman–Crippen MR) is 88.5 cm³/mol. The molecular formula is C16H32N4O. The van der Waals surface area contributed by atoms with Gasteiger partial charge in [0.1, 0.15) is 0 Å². The standard InChI is InChI=1S/C16H32N4O/c1-15(2,3)19-13(21)11-20(6)14(17-5)18-12-16(4)9-7-8-10-16/h7-12H2,1-6H3,(H,17,18)(H,19,21). The first-order valence-corrected chi connectivity index (χ1v) is 7.88. The van der Waals surface area contributed by atoms with Crippen LogP contribution >= 0.6 is 0 Å². The molecule has 0 saturated heterocycles. The zero-order chi connectivity index (χ0) is 16.1. The van der Waals surface area contributed by atoms with E-state index in [1.54, 1.807) is 7.05 Å². The molecule has 0 spiro atoms. The molecule has 1 aliphatic rings. The first kappa shape index (κ1) is 17.8. The second kappa shape index (κ2) is 7.14. The average molecular weight is 296 g/mol. The van der Waals surface area contributed by atoms with Crippen molar-refractivity contribution in [3.05, 3.63) is 0 Å². The largest absolute Gasteiger partial charge is 0.356 e. The maximum atomic E-state index is 12.0. The number of aliphatic imine (C=N–C) groups is 1. The number of carbonyl (C=O) groups excluding carboxylic acids is 1. The topological polar surface area (TPSA) is 56.7 Å². The molecule has 0 heterocycles. The minimum Gasteiger partial charge on any atom is -0.356 e. The summed E-state index contributed by atoms with van der Waals surface area (Å²) in [5.41, 5.74) is 0.163. The highest BCUT2D eigenvalue weighted by molar-refractivity contribution is 5.86. The van der Waals surface area contributed by atoms with Crippen molar-refractivity contribution in [1.29, 1.82) is 0 Å². The Morgan fingerprint density at radius 1 is 1.29 bits per heavy atom. The van der Waals surface area contributed by atoms with E-state index in [9.17, 15) is 4.79 Å². The molecule has 0 aromatic carbocycles. The number of hydrogen-bond donors (Lipinski definition) is 2. The lowest BCUT2D eigenvalue weighted by Gasteiger charge is -2.29. The van der Waals surface area contributed by atoms with E-state index in [1.165, 1.54) is 25.7 Å². The van der Waals surface area contributed by atoms with Crippen LogP contribution in [-0.2, 0) is 4.79 Å². The van der Waals surface area contributed by atoms with Crippen LogP contribution in [0.15, 0.2) is 4.99 Å². The van der Waals surface area contributed by atoms with Crippen LogP contribution in [0.2, 0.25) is 0 Å². The summed E-state index contributed by atoms with van der Waals surface area (Å²) in [6.07, 6.45) is 5.18. The molecule has 1 amide bonds. The smallest absolute Gasteiger partial charge is 0.240 e. The Balaban J connectivity index is 2.46. The molecule has 1 aliphatic carbocycles. The van der Waals surface area contributed by atoms with Gasteiger partial charge in [-0.2, -0.15) is 0 Å². The highest BCUT2D eigenvalue weighted by Gasteiger charge is 2.29. The molecule has 0 aromatic heterocycles. The van der Waals surface area contributed by atoms with Crippen LogP contribution in [0.25, 0.3) is 0 Å². The van der Waals surface area contributed by atoms with Crippen LogP contribution in [0.1, 0.15) is 53.4 Å². The van der Waals surface area contributed by atoms with Gasteiger partial charge in [0.2, 0.25) is 5.91 Å². The quantitative estimate of drug-likeness (QED) is 0.616. The molecule has 1 fully saturated rings. The number of guanidine groups is 1. The normalized spacial score (nSPS) is 18.5. The Hall–Kier alpha value is -1.26. The number of hydrogen-bond acceptors (Lipinski definition) is 2. The Labute approximate surface area is 129 Å². The third-order valence-corrected chi connectivity index (χ3v) is 3.95. The minimum absolute atomic E-state index is 0.0139. The van der Waals surface area contributed by atoms with E-state index in [-0.39, 0.29) is 11.4 Å². The van der Waals surface area contributed by atoms with Crippen molar-refractivity contribution in [2.24, 2.45) is 10.4 Å². The molecule has 0 radical (unpaired) electrons. The maximum absolute atomic E-state index is 12.0. The van der Waals surface area contributed by atoms with Crippen LogP contribution in [0.5, 0.6) is 0 Å². The molecule has 0 atom stereocenters. The van der Waals surface area contributed by atoms with E-state index in [2.05, 4.69) is 22.5 Å². The summed E-state index contributed by atoms with van der Waals surface area (Å²) < 4.78 is 0. The summed E-state index contributed by atoms with van der Waals surface area (Å²) in [6, 6.07) is 0. The zero-order valence-electron chi connectivity index (χ0n) is 14.5. The van der Waals surface area contributed by atoms with Crippen molar-refractivity contribution >= 4 is 11.9 Å². The van der Waals surface area contributed by atoms with Gasteiger partial charge in [0.25, 0.3) is 0 Å². The number of nitrogens with one attached hydrogen (secondary N) is 2. The Bertz CT molecular complexity index is 378. The van der Waals surface area contributed by atoms with Crippen molar-refractivity contribution in [2.45, 2.75) is 58.9 Å². The van der Waals surface area contributed by atoms with Gasteiger partial charge < -0.3 is 15.5 Å². The molecule has 5 nitrogen and oxygen atoms in total. The SMILES string of the molecule is CN=C(NCC1(C)CCCC1)N(C)CC(=O)NC(C)(C)C. The first-order chi connectivity index (χ1) is 9.65. The van der Waals surface area contributed by atoms with Gasteiger partial charge in [0.05, 0.1) is 6.54 Å². The van der Waals surface area contributed by atoms with Crippen LogP contribution in [0.4, 0.5) is 0 Å². The summed E-state index contributed by atoms with van der Waals surface area (Å²) in [7, 11) is 3.66. The van der Waals surface area contributed by atoms with E-state index in [0.717, 1.165) is 12.5 Å². The van der Waals surface area contributed by atoms with Gasteiger partial charge in [-0.3, -0.25) is 9.79 Å². The van der Waals surface area contributed by atoms with Crippen LogP contribution in [-0.4, -0.2) is 49.5 Å². The molecule has 2 N–H and O–H groups in total. The number of likely N-dealkylation sites (N-methyl/N-ethyl adjacent to an activating group) is 1. The third-order valence-electron chi connectivity index (χ3n) is 3.95. The van der Waals surface area contributed by atoms with Crippen molar-refractivity contribution < 1.29 is 4.79 Å². The van der Waals surface area contributed by atoms with Gasteiger partial charge in [-0.05, 0) is 39.0 Å². The number of amides is 1. The fraction of sp³-hybridized carbons (Fsp3) is 0.875. The average Bonchev–Trinajstić information content (AvgIpc) is 2.74. The Morgan fingerprint density at radius 3 is 2.33 bits per heavy atom. The predicted octanol–water partition coefficient (Wildman–Crippen LogP) is 1.99. The summed E-state index contributed by atoms with van der Waals surface area (Å²) in [5, 5.41) is 6.39. The van der Waals surface area contributed by atoms with Gasteiger partial charge in [0, 0.05) is 26.2 Å². The van der Waals surface area contributed by atoms with Gasteiger partial charge in [-0.15, -0.1) is 0 Å². The molecule has 1 saturated carbocycles. The fourth-order valence-corrected chi connectivity index (χ4v) is 2.83. The molecule has 0 aromatic rings. The summed E-state index contributed by atoms with van der Waals surface area (Å²) >= 11 is 0. The number of rotatable bonds is 4. The van der Waals surface area contributed by atoms with Crippen molar-refractivity contribution in [3.8, 4) is 0 Å². The van der Waals surface area contributed by atoms with E-state index in [0.29, 0.717) is 12.0 Å². The fourth-order valence-electron chi connectivity index (χ4n) is 2.83. The van der Waals surface area contributed by atoms with E-state index < -0.39 is 0 Å². The lowest BCUT2D eigenvalue weighted by Crippen LogP contribution is -2.49. The van der Waals surface area contributed by atoms with E-state index >= 15 is 0 Å². The van der Waals surface area contributed by atoms with Crippen LogP contribution < -0.4 is 10.6 Å². The molecule has 5 heteroatoms. The van der Waals surface area contributed by atoms with Crippen molar-refractivity contribution in [3.63, 3.8) is 0 Å². The third kappa shape index (κ3) is 6.36. The monoisotopic (exact) mass is 296 g/mol. The minimum atomic E-state index is -0.202. The Morgan fingerprint density at radius 2 is 1.86 bits per heavy atom. The van der Waals surface area contributed by atoms with Gasteiger partial charge >= 0.3 is 0 Å². The molecule has 0 aliphatic heterocycles. The lowest BCUT2D eigenvalue weighted by atomic mass is 9.89. The summed E-state index contributed by atoms with van der Waals surface area (Å²) in [6.45, 7) is 9.52. The molecule has 21 heavy (non-hydrogen) atoms. The highest BCUT2D eigenvalue weighted by Crippen LogP contribution is 2.36. The summed E-state index contributed by atoms with van der Waals surface area (Å²) in [4.78, 5) is 18.1.